The molecular formula is C12H19N3OS. The van der Waals surface area contributed by atoms with E-state index in [4.69, 9.17) is 0 Å². The van der Waals surface area contributed by atoms with E-state index in [2.05, 4.69) is 22.5 Å². The summed E-state index contributed by atoms with van der Waals surface area (Å²) in [5, 5.41) is 9.29. The minimum atomic E-state index is -0.0160. The number of rotatable bonds is 4. The summed E-state index contributed by atoms with van der Waals surface area (Å²) < 4.78 is 0. The van der Waals surface area contributed by atoms with Gasteiger partial charge in [-0.1, -0.05) is 13.3 Å². The Labute approximate surface area is 106 Å². The van der Waals surface area contributed by atoms with Crippen molar-refractivity contribution in [2.45, 2.75) is 44.7 Å². The fourth-order valence-corrected chi connectivity index (χ4v) is 2.87. The molecule has 1 saturated heterocycles. The predicted molar refractivity (Wildman–Crippen MR) is 68.9 cm³/mol. The second kappa shape index (κ2) is 6.12. The molecule has 1 aliphatic heterocycles. The van der Waals surface area contributed by atoms with E-state index in [1.54, 1.807) is 17.5 Å². The molecule has 1 unspecified atom stereocenters. The average molecular weight is 253 g/mol. The number of hydrogen-bond donors (Lipinski definition) is 2. The summed E-state index contributed by atoms with van der Waals surface area (Å²) >= 11 is 1.60. The number of amides is 1. The first-order valence-electron chi connectivity index (χ1n) is 6.24. The van der Waals surface area contributed by atoms with Gasteiger partial charge in [-0.3, -0.25) is 4.79 Å². The third kappa shape index (κ3) is 3.26. The Kier molecular flexibility index (Phi) is 4.50. The highest BCUT2D eigenvalue weighted by Gasteiger charge is 2.23. The van der Waals surface area contributed by atoms with Gasteiger partial charge in [0.15, 0.2) is 0 Å². The van der Waals surface area contributed by atoms with Crippen LogP contribution in [0.3, 0.4) is 0 Å². The minimum Gasteiger partial charge on any atom is -0.346 e. The van der Waals surface area contributed by atoms with Crippen molar-refractivity contribution in [1.82, 2.24) is 15.6 Å². The van der Waals surface area contributed by atoms with Crippen molar-refractivity contribution in [3.63, 3.8) is 0 Å². The molecule has 5 heteroatoms. The topological polar surface area (TPSA) is 54.0 Å². The number of piperidine rings is 1. The summed E-state index contributed by atoms with van der Waals surface area (Å²) in [6, 6.07) is 0.0454. The Morgan fingerprint density at radius 2 is 2.59 bits per heavy atom. The van der Waals surface area contributed by atoms with Gasteiger partial charge >= 0.3 is 0 Å². The van der Waals surface area contributed by atoms with Gasteiger partial charge in [0.05, 0.1) is 12.1 Å². The normalized spacial score (nSPS) is 22.1. The van der Waals surface area contributed by atoms with E-state index in [9.17, 15) is 4.79 Å². The van der Waals surface area contributed by atoms with Gasteiger partial charge in [0.2, 0.25) is 5.91 Å². The van der Waals surface area contributed by atoms with E-state index in [1.165, 1.54) is 6.42 Å². The highest BCUT2D eigenvalue weighted by molar-refractivity contribution is 7.09. The first kappa shape index (κ1) is 12.5. The molecule has 94 valence electrons. The van der Waals surface area contributed by atoms with Crippen molar-refractivity contribution < 1.29 is 4.79 Å². The second-order valence-corrected chi connectivity index (χ2v) is 5.27. The van der Waals surface area contributed by atoms with Crippen LogP contribution in [-0.4, -0.2) is 23.5 Å². The van der Waals surface area contributed by atoms with Crippen LogP contribution in [0.25, 0.3) is 0 Å². The van der Waals surface area contributed by atoms with Crippen LogP contribution in [0.2, 0.25) is 0 Å². The third-order valence-electron chi connectivity index (χ3n) is 3.10. The van der Waals surface area contributed by atoms with Crippen molar-refractivity contribution in [2.75, 3.05) is 6.54 Å². The monoisotopic (exact) mass is 253 g/mol. The van der Waals surface area contributed by atoms with E-state index in [-0.39, 0.29) is 18.0 Å². The molecule has 1 amide bonds. The SMILES string of the molecule is CCC(NC(=O)[C@H]1CCCCN1)c1nccs1. The first-order chi connectivity index (χ1) is 8.31. The summed E-state index contributed by atoms with van der Waals surface area (Å²) in [6.45, 7) is 3.02. The molecule has 2 atom stereocenters. The third-order valence-corrected chi connectivity index (χ3v) is 3.99. The largest absolute Gasteiger partial charge is 0.346 e. The summed E-state index contributed by atoms with van der Waals surface area (Å²) in [5.74, 6) is 0.117. The number of carbonyl (C=O) groups excluding carboxylic acids is 1. The number of nitrogens with one attached hydrogen (secondary N) is 2. The van der Waals surface area contributed by atoms with E-state index < -0.39 is 0 Å². The van der Waals surface area contributed by atoms with Crippen LogP contribution < -0.4 is 10.6 Å². The molecule has 1 aromatic rings. The van der Waals surface area contributed by atoms with Crippen LogP contribution in [0.1, 0.15) is 43.7 Å². The molecule has 0 radical (unpaired) electrons. The Hall–Kier alpha value is -0.940. The molecule has 1 aromatic heterocycles. The van der Waals surface area contributed by atoms with Crippen LogP contribution in [0.15, 0.2) is 11.6 Å². The van der Waals surface area contributed by atoms with Crippen molar-refractivity contribution in [2.24, 2.45) is 0 Å². The fraction of sp³-hybridized carbons (Fsp3) is 0.667. The van der Waals surface area contributed by atoms with Gasteiger partial charge < -0.3 is 10.6 Å². The Balaban J connectivity index is 1.92. The van der Waals surface area contributed by atoms with E-state index >= 15 is 0 Å². The van der Waals surface area contributed by atoms with Crippen LogP contribution in [-0.2, 0) is 4.79 Å². The zero-order chi connectivity index (χ0) is 12.1. The highest BCUT2D eigenvalue weighted by Crippen LogP contribution is 2.19. The highest BCUT2D eigenvalue weighted by atomic mass is 32.1. The summed E-state index contributed by atoms with van der Waals surface area (Å²) in [5.41, 5.74) is 0. The molecule has 4 nitrogen and oxygen atoms in total. The number of hydrogen-bond acceptors (Lipinski definition) is 4. The molecule has 17 heavy (non-hydrogen) atoms. The van der Waals surface area contributed by atoms with Crippen LogP contribution >= 0.6 is 11.3 Å². The van der Waals surface area contributed by atoms with E-state index in [1.807, 2.05) is 5.38 Å². The first-order valence-corrected chi connectivity index (χ1v) is 7.12. The molecular weight excluding hydrogens is 234 g/mol. The lowest BCUT2D eigenvalue weighted by Crippen LogP contribution is -2.47. The predicted octanol–water partition coefficient (Wildman–Crippen LogP) is 1.85. The quantitative estimate of drug-likeness (QED) is 0.861. The van der Waals surface area contributed by atoms with Crippen LogP contribution in [0.5, 0.6) is 0 Å². The molecule has 0 saturated carbocycles. The van der Waals surface area contributed by atoms with Crippen molar-refractivity contribution in [1.29, 1.82) is 0 Å². The minimum absolute atomic E-state index is 0.0160. The zero-order valence-electron chi connectivity index (χ0n) is 10.1. The Morgan fingerprint density at radius 3 is 3.18 bits per heavy atom. The lowest BCUT2D eigenvalue weighted by atomic mass is 10.0. The summed E-state index contributed by atoms with van der Waals surface area (Å²) in [7, 11) is 0. The lowest BCUT2D eigenvalue weighted by Gasteiger charge is -2.24. The second-order valence-electron chi connectivity index (χ2n) is 4.34. The summed E-state index contributed by atoms with van der Waals surface area (Å²) in [6.07, 6.45) is 5.92. The van der Waals surface area contributed by atoms with Gasteiger partial charge in [-0.2, -0.15) is 0 Å². The maximum Gasteiger partial charge on any atom is 0.237 e. The van der Waals surface area contributed by atoms with Gasteiger partial charge in [0.25, 0.3) is 0 Å². The molecule has 1 fully saturated rings. The van der Waals surface area contributed by atoms with Gasteiger partial charge in [-0.25, -0.2) is 4.98 Å². The molecule has 2 heterocycles. The molecule has 0 aromatic carbocycles. The Bertz CT molecular complexity index is 347. The molecule has 2 N–H and O–H groups in total. The zero-order valence-corrected chi connectivity index (χ0v) is 10.9. The van der Waals surface area contributed by atoms with Crippen LogP contribution in [0.4, 0.5) is 0 Å². The number of carbonyl (C=O) groups is 1. The van der Waals surface area contributed by atoms with Crippen molar-refractivity contribution >= 4 is 17.2 Å². The average Bonchev–Trinajstić information content (AvgIpc) is 2.90. The van der Waals surface area contributed by atoms with E-state index in [0.717, 1.165) is 30.8 Å². The lowest BCUT2D eigenvalue weighted by molar-refractivity contribution is -0.124. The smallest absolute Gasteiger partial charge is 0.237 e. The standard InChI is InChI=1S/C12H19N3OS/c1-2-9(12-14-7-8-17-12)15-11(16)10-5-3-4-6-13-10/h7-10,13H,2-6H2,1H3,(H,15,16)/t9?,10-/m1/s1. The number of aromatic nitrogens is 1. The summed E-state index contributed by atoms with van der Waals surface area (Å²) in [4.78, 5) is 16.3. The van der Waals surface area contributed by atoms with Gasteiger partial charge in [-0.05, 0) is 25.8 Å². The molecule has 0 spiro atoms. The van der Waals surface area contributed by atoms with Crippen LogP contribution in [0, 0.1) is 0 Å². The molecule has 2 rings (SSSR count). The molecule has 1 aliphatic rings. The van der Waals surface area contributed by atoms with Crippen molar-refractivity contribution in [3.05, 3.63) is 16.6 Å². The Morgan fingerprint density at radius 1 is 1.71 bits per heavy atom. The van der Waals surface area contributed by atoms with Gasteiger partial charge in [0, 0.05) is 11.6 Å². The molecule has 0 bridgehead atoms. The van der Waals surface area contributed by atoms with Gasteiger partial charge in [-0.15, -0.1) is 11.3 Å². The maximum atomic E-state index is 12.1. The fourth-order valence-electron chi connectivity index (χ4n) is 2.09. The number of nitrogens with zero attached hydrogens (tertiary/aromatic N) is 1. The molecule has 0 aliphatic carbocycles. The van der Waals surface area contributed by atoms with Gasteiger partial charge in [0.1, 0.15) is 5.01 Å². The van der Waals surface area contributed by atoms with E-state index in [0.29, 0.717) is 0 Å². The number of thiazole rings is 1. The van der Waals surface area contributed by atoms with Crippen molar-refractivity contribution in [3.8, 4) is 0 Å². The maximum absolute atomic E-state index is 12.1.